The number of likely N-dealkylation sites (N-methyl/N-ethyl adjacent to an activating group) is 1. The summed E-state index contributed by atoms with van der Waals surface area (Å²) in [6, 6.07) is 23.6. The molecule has 0 radical (unpaired) electrons. The van der Waals surface area contributed by atoms with Gasteiger partial charge in [-0.1, -0.05) is 72.3 Å². The zero-order valence-corrected chi connectivity index (χ0v) is 27.6. The molecule has 0 aliphatic heterocycles. The standard InChI is InChI=1S/C36H42ClN3O4S/c1-38-35(42)33(19-25-8-4-3-5-9-25)39(23-29-10-6-7-11-32(29)37)34(41)24-40(45(2,43)44)31-14-12-30(13-15-31)36-20-26-16-27(21-36)18-28(17-26)22-36/h3-15,26-28,33H,16-24H2,1-2H3,(H,38,42). The maximum absolute atomic E-state index is 14.2. The predicted molar refractivity (Wildman–Crippen MR) is 178 cm³/mol. The van der Waals surface area contributed by atoms with Crippen LogP contribution in [0, 0.1) is 17.8 Å². The van der Waals surface area contributed by atoms with Gasteiger partial charge in [0.05, 0.1) is 11.9 Å². The Balaban J connectivity index is 1.30. The van der Waals surface area contributed by atoms with E-state index in [0.717, 1.165) is 33.9 Å². The molecule has 7 rings (SSSR count). The van der Waals surface area contributed by atoms with Crippen molar-refractivity contribution in [3.8, 4) is 0 Å². The van der Waals surface area contributed by atoms with Gasteiger partial charge in [0.25, 0.3) is 0 Å². The van der Waals surface area contributed by atoms with Crippen molar-refractivity contribution in [2.24, 2.45) is 17.8 Å². The minimum atomic E-state index is -3.84. The molecule has 4 aliphatic carbocycles. The third-order valence-corrected chi connectivity index (χ3v) is 11.8. The zero-order valence-electron chi connectivity index (χ0n) is 26.0. The van der Waals surface area contributed by atoms with Crippen LogP contribution in [-0.4, -0.2) is 51.0 Å². The van der Waals surface area contributed by atoms with Crippen molar-refractivity contribution in [2.45, 2.75) is 62.9 Å². The van der Waals surface area contributed by atoms with Crippen molar-refractivity contribution in [1.29, 1.82) is 0 Å². The number of amides is 2. The lowest BCUT2D eigenvalue weighted by Gasteiger charge is -2.57. The van der Waals surface area contributed by atoms with Crippen LogP contribution in [-0.2, 0) is 38.0 Å². The second-order valence-corrected chi connectivity index (χ2v) is 15.8. The first-order chi connectivity index (χ1) is 21.5. The van der Waals surface area contributed by atoms with Gasteiger partial charge in [0.2, 0.25) is 21.8 Å². The fraction of sp³-hybridized carbons (Fsp3) is 0.444. The van der Waals surface area contributed by atoms with Crippen molar-refractivity contribution in [3.05, 3.63) is 101 Å². The van der Waals surface area contributed by atoms with E-state index in [1.165, 1.54) is 56.0 Å². The van der Waals surface area contributed by atoms with Crippen LogP contribution in [0.4, 0.5) is 5.69 Å². The van der Waals surface area contributed by atoms with Gasteiger partial charge < -0.3 is 10.2 Å². The summed E-state index contributed by atoms with van der Waals surface area (Å²) in [5.41, 5.74) is 3.45. The zero-order chi connectivity index (χ0) is 31.8. The molecule has 4 bridgehead atoms. The summed E-state index contributed by atoms with van der Waals surface area (Å²) in [5.74, 6) is 1.57. The van der Waals surface area contributed by atoms with Gasteiger partial charge in [0.1, 0.15) is 12.6 Å². The monoisotopic (exact) mass is 647 g/mol. The summed E-state index contributed by atoms with van der Waals surface area (Å²) in [7, 11) is -2.30. The fourth-order valence-electron chi connectivity index (χ4n) is 8.59. The second-order valence-electron chi connectivity index (χ2n) is 13.4. The molecule has 3 aromatic carbocycles. The van der Waals surface area contributed by atoms with Gasteiger partial charge in [0, 0.05) is 25.0 Å². The Morgan fingerprint density at radius 2 is 1.47 bits per heavy atom. The Morgan fingerprint density at radius 1 is 0.889 bits per heavy atom. The first-order valence-corrected chi connectivity index (χ1v) is 18.1. The van der Waals surface area contributed by atoms with Crippen molar-refractivity contribution in [1.82, 2.24) is 10.2 Å². The van der Waals surface area contributed by atoms with E-state index < -0.39 is 28.5 Å². The molecule has 4 saturated carbocycles. The highest BCUT2D eigenvalue weighted by atomic mass is 35.5. The summed E-state index contributed by atoms with van der Waals surface area (Å²) in [6.07, 6.45) is 9.08. The lowest BCUT2D eigenvalue weighted by atomic mass is 9.48. The Hall–Kier alpha value is -3.36. The van der Waals surface area contributed by atoms with E-state index in [1.807, 2.05) is 54.6 Å². The molecule has 4 fully saturated rings. The number of anilines is 1. The van der Waals surface area contributed by atoms with Crippen molar-refractivity contribution in [2.75, 3.05) is 24.2 Å². The number of halogens is 1. The molecule has 1 atom stereocenters. The van der Waals surface area contributed by atoms with E-state index in [9.17, 15) is 18.0 Å². The number of nitrogens with zero attached hydrogens (tertiary/aromatic N) is 2. The Labute approximate surface area is 272 Å². The molecule has 3 aromatic rings. The molecule has 7 nitrogen and oxygen atoms in total. The number of benzene rings is 3. The number of rotatable bonds is 11. The summed E-state index contributed by atoms with van der Waals surface area (Å²) in [4.78, 5) is 29.0. The minimum Gasteiger partial charge on any atom is -0.357 e. The summed E-state index contributed by atoms with van der Waals surface area (Å²) >= 11 is 6.51. The third kappa shape index (κ3) is 6.77. The van der Waals surface area contributed by atoms with Crippen molar-refractivity contribution < 1.29 is 18.0 Å². The molecule has 2 amide bonds. The van der Waals surface area contributed by atoms with Crippen molar-refractivity contribution >= 4 is 39.1 Å². The van der Waals surface area contributed by atoms with Crippen LogP contribution in [0.1, 0.15) is 55.2 Å². The average molecular weight is 648 g/mol. The quantitative estimate of drug-likeness (QED) is 0.278. The molecule has 0 spiro atoms. The third-order valence-electron chi connectivity index (χ3n) is 10.3. The Bertz CT molecular complexity index is 1610. The van der Waals surface area contributed by atoms with E-state index >= 15 is 0 Å². The fourth-order valence-corrected chi connectivity index (χ4v) is 9.63. The van der Waals surface area contributed by atoms with Crippen molar-refractivity contribution in [3.63, 3.8) is 0 Å². The molecule has 1 N–H and O–H groups in total. The summed E-state index contributed by atoms with van der Waals surface area (Å²) in [5, 5.41) is 3.16. The molecule has 0 heterocycles. The van der Waals surface area contributed by atoms with Gasteiger partial charge in [0.15, 0.2) is 0 Å². The van der Waals surface area contributed by atoms with Gasteiger partial charge in [-0.3, -0.25) is 13.9 Å². The molecule has 45 heavy (non-hydrogen) atoms. The maximum atomic E-state index is 14.2. The van der Waals surface area contributed by atoms with E-state index in [2.05, 4.69) is 17.4 Å². The van der Waals surface area contributed by atoms with Crippen LogP contribution >= 0.6 is 11.6 Å². The highest BCUT2D eigenvalue weighted by Crippen LogP contribution is 2.60. The number of hydrogen-bond donors (Lipinski definition) is 1. The Kier molecular flexibility index (Phi) is 8.99. The van der Waals surface area contributed by atoms with Gasteiger partial charge >= 0.3 is 0 Å². The van der Waals surface area contributed by atoms with E-state index in [1.54, 1.807) is 12.1 Å². The molecular formula is C36H42ClN3O4S. The van der Waals surface area contributed by atoms with E-state index in [4.69, 9.17) is 11.6 Å². The van der Waals surface area contributed by atoms with Crippen LogP contribution in [0.2, 0.25) is 5.02 Å². The normalized spacial score (nSPS) is 24.2. The van der Waals surface area contributed by atoms with Gasteiger partial charge in [-0.2, -0.15) is 0 Å². The average Bonchev–Trinajstić information content (AvgIpc) is 3.01. The molecule has 0 aromatic heterocycles. The topological polar surface area (TPSA) is 86.8 Å². The molecular weight excluding hydrogens is 606 g/mol. The lowest BCUT2D eigenvalue weighted by molar-refractivity contribution is -0.139. The largest absolute Gasteiger partial charge is 0.357 e. The first-order valence-electron chi connectivity index (χ1n) is 15.9. The highest BCUT2D eigenvalue weighted by molar-refractivity contribution is 7.92. The van der Waals surface area contributed by atoms with E-state index in [-0.39, 0.29) is 24.3 Å². The number of carbonyl (C=O) groups excluding carboxylic acids is 2. The molecule has 238 valence electrons. The molecule has 9 heteroatoms. The SMILES string of the molecule is CNC(=O)C(Cc1ccccc1)N(Cc1ccccc1Cl)C(=O)CN(c1ccc(C23CC4CC(CC(C4)C2)C3)cc1)S(C)(=O)=O. The minimum absolute atomic E-state index is 0.0476. The van der Waals surface area contributed by atoms with Crippen LogP contribution < -0.4 is 9.62 Å². The van der Waals surface area contributed by atoms with Crippen LogP contribution in [0.3, 0.4) is 0 Å². The van der Waals surface area contributed by atoms with Crippen LogP contribution in [0.25, 0.3) is 0 Å². The number of carbonyl (C=O) groups is 2. The van der Waals surface area contributed by atoms with Crippen LogP contribution in [0.5, 0.6) is 0 Å². The molecule has 1 unspecified atom stereocenters. The molecule has 0 saturated heterocycles. The lowest BCUT2D eigenvalue weighted by Crippen LogP contribution is -2.53. The molecule has 4 aliphatic rings. The number of hydrogen-bond acceptors (Lipinski definition) is 4. The predicted octanol–water partition coefficient (Wildman–Crippen LogP) is 5.96. The van der Waals surface area contributed by atoms with Gasteiger partial charge in [-0.15, -0.1) is 0 Å². The highest BCUT2D eigenvalue weighted by Gasteiger charge is 2.51. The smallest absolute Gasteiger partial charge is 0.244 e. The first kappa shape index (κ1) is 31.6. The second kappa shape index (κ2) is 12.8. The van der Waals surface area contributed by atoms with E-state index in [0.29, 0.717) is 16.3 Å². The maximum Gasteiger partial charge on any atom is 0.244 e. The number of nitrogens with one attached hydrogen (secondary N) is 1. The number of sulfonamides is 1. The van der Waals surface area contributed by atoms with Gasteiger partial charge in [-0.25, -0.2) is 8.42 Å². The summed E-state index contributed by atoms with van der Waals surface area (Å²) in [6.45, 7) is -0.395. The Morgan fingerprint density at radius 3 is 2.02 bits per heavy atom. The van der Waals surface area contributed by atoms with Crippen LogP contribution in [0.15, 0.2) is 78.9 Å². The van der Waals surface area contributed by atoms with Gasteiger partial charge in [-0.05, 0) is 96.6 Å². The summed E-state index contributed by atoms with van der Waals surface area (Å²) < 4.78 is 27.6.